The topological polar surface area (TPSA) is 63.1 Å². The van der Waals surface area contributed by atoms with Gasteiger partial charge in [-0.1, -0.05) is 41.9 Å². The van der Waals surface area contributed by atoms with Crippen molar-refractivity contribution >= 4 is 17.5 Å². The van der Waals surface area contributed by atoms with Crippen LogP contribution in [0.15, 0.2) is 54.6 Å². The third-order valence-electron chi connectivity index (χ3n) is 5.26. The highest BCUT2D eigenvalue weighted by molar-refractivity contribution is 6.30. The summed E-state index contributed by atoms with van der Waals surface area (Å²) < 4.78 is 1.65. The molecule has 0 saturated carbocycles. The lowest BCUT2D eigenvalue weighted by Crippen LogP contribution is -2.37. The lowest BCUT2D eigenvalue weighted by Gasteiger charge is -2.28. The molecule has 0 radical (unpaired) electrons. The van der Waals surface area contributed by atoms with Gasteiger partial charge in [0.25, 0.3) is 5.91 Å². The lowest BCUT2D eigenvalue weighted by atomic mass is 10.1. The molecule has 0 bridgehead atoms. The average Bonchev–Trinajstić information content (AvgIpc) is 3.40. The number of aromatic nitrogens is 3. The molecule has 0 unspecified atom stereocenters. The molecule has 150 valence electrons. The summed E-state index contributed by atoms with van der Waals surface area (Å²) in [5, 5.41) is 8.08. The number of nitrogens with one attached hydrogen (secondary N) is 1. The van der Waals surface area contributed by atoms with Gasteiger partial charge in [-0.2, -0.15) is 0 Å². The fraction of sp³-hybridized carbons (Fsp3) is 0.318. The van der Waals surface area contributed by atoms with Crippen molar-refractivity contribution in [1.29, 1.82) is 0 Å². The van der Waals surface area contributed by atoms with Gasteiger partial charge in [0, 0.05) is 11.6 Å². The summed E-state index contributed by atoms with van der Waals surface area (Å²) in [7, 11) is 0. The molecule has 1 amide bonds. The van der Waals surface area contributed by atoms with E-state index in [-0.39, 0.29) is 17.8 Å². The molecule has 2 aromatic carbocycles. The van der Waals surface area contributed by atoms with Crippen molar-refractivity contribution in [1.82, 2.24) is 25.0 Å². The smallest absolute Gasteiger partial charge is 0.291 e. The van der Waals surface area contributed by atoms with E-state index < -0.39 is 0 Å². The van der Waals surface area contributed by atoms with Gasteiger partial charge >= 0.3 is 0 Å². The molecule has 29 heavy (non-hydrogen) atoms. The van der Waals surface area contributed by atoms with Crippen LogP contribution in [0.25, 0.3) is 5.69 Å². The Bertz CT molecular complexity index is 965. The van der Waals surface area contributed by atoms with Gasteiger partial charge in [0.2, 0.25) is 5.82 Å². The van der Waals surface area contributed by atoms with Gasteiger partial charge < -0.3 is 5.32 Å². The Balaban J connectivity index is 1.48. The second-order valence-corrected chi connectivity index (χ2v) is 7.69. The fourth-order valence-corrected chi connectivity index (χ4v) is 3.89. The summed E-state index contributed by atoms with van der Waals surface area (Å²) in [6.07, 6.45) is 2.40. The van der Waals surface area contributed by atoms with E-state index in [4.69, 9.17) is 11.6 Å². The molecule has 1 aliphatic heterocycles. The molecule has 0 spiro atoms. The Hall–Kier alpha value is -2.70. The highest BCUT2D eigenvalue weighted by Crippen LogP contribution is 2.24. The van der Waals surface area contributed by atoms with E-state index in [1.165, 1.54) is 18.4 Å². The van der Waals surface area contributed by atoms with Crippen molar-refractivity contribution in [3.8, 4) is 5.69 Å². The minimum Gasteiger partial charge on any atom is -0.347 e. The van der Waals surface area contributed by atoms with Gasteiger partial charge in [0.15, 0.2) is 0 Å². The Morgan fingerprint density at radius 1 is 1.10 bits per heavy atom. The summed E-state index contributed by atoms with van der Waals surface area (Å²) in [5.74, 6) is 0.559. The predicted octanol–water partition coefficient (Wildman–Crippen LogP) is 3.80. The van der Waals surface area contributed by atoms with Crippen molar-refractivity contribution in [2.24, 2.45) is 0 Å². The first-order chi connectivity index (χ1) is 14.1. The maximum absolute atomic E-state index is 12.8. The van der Waals surface area contributed by atoms with Crippen LogP contribution in [-0.4, -0.2) is 45.2 Å². The van der Waals surface area contributed by atoms with Crippen LogP contribution in [0.1, 0.15) is 40.9 Å². The van der Waals surface area contributed by atoms with E-state index in [1.807, 2.05) is 37.3 Å². The zero-order valence-electron chi connectivity index (χ0n) is 16.4. The Morgan fingerprint density at radius 2 is 1.79 bits per heavy atom. The van der Waals surface area contributed by atoms with Gasteiger partial charge in [0.05, 0.1) is 11.7 Å². The van der Waals surface area contributed by atoms with Gasteiger partial charge in [-0.05, 0) is 62.7 Å². The molecule has 1 aromatic heterocycles. The number of carbonyl (C=O) groups is 1. The molecule has 1 saturated heterocycles. The molecule has 2 heterocycles. The third kappa shape index (κ3) is 4.49. The normalized spacial score (nSPS) is 15.4. The quantitative estimate of drug-likeness (QED) is 0.672. The number of nitrogens with zero attached hydrogens (tertiary/aromatic N) is 4. The maximum atomic E-state index is 12.8. The molecule has 1 fully saturated rings. The van der Waals surface area contributed by atoms with E-state index >= 15 is 0 Å². The van der Waals surface area contributed by atoms with Gasteiger partial charge in [-0.15, -0.1) is 5.10 Å². The predicted molar refractivity (Wildman–Crippen MR) is 113 cm³/mol. The summed E-state index contributed by atoms with van der Waals surface area (Å²) in [4.78, 5) is 19.5. The Kier molecular flexibility index (Phi) is 5.92. The van der Waals surface area contributed by atoms with E-state index in [0.29, 0.717) is 17.4 Å². The molecule has 6 nitrogen and oxygen atoms in total. The van der Waals surface area contributed by atoms with Crippen LogP contribution >= 0.6 is 11.6 Å². The summed E-state index contributed by atoms with van der Waals surface area (Å²) in [6.45, 7) is 4.46. The first-order valence-corrected chi connectivity index (χ1v) is 10.3. The first-order valence-electron chi connectivity index (χ1n) is 9.88. The molecule has 1 aliphatic rings. The fourth-order valence-electron chi connectivity index (χ4n) is 3.77. The average molecular weight is 410 g/mol. The Morgan fingerprint density at radius 3 is 2.48 bits per heavy atom. The van der Waals surface area contributed by atoms with E-state index in [2.05, 4.69) is 32.4 Å². The number of amides is 1. The molecule has 7 heteroatoms. The van der Waals surface area contributed by atoms with Crippen molar-refractivity contribution in [2.45, 2.75) is 25.8 Å². The molecular weight excluding hydrogens is 386 g/mol. The molecular formula is C22H24ClN5O. The zero-order valence-corrected chi connectivity index (χ0v) is 17.1. The standard InChI is InChI=1S/C22H24ClN5O/c1-16-25-21(26-28(16)19-11-9-18(23)10-12-19)22(29)24-15-20(27-13-5-6-14-27)17-7-3-2-4-8-17/h2-4,7-12,20H,5-6,13-15H2,1H3,(H,24,29)/t20-/m0/s1. The lowest BCUT2D eigenvalue weighted by molar-refractivity contribution is 0.0927. The van der Waals surface area contributed by atoms with Crippen LogP contribution in [0.4, 0.5) is 0 Å². The molecule has 3 aromatic rings. The number of hydrogen-bond donors (Lipinski definition) is 1. The number of carbonyl (C=O) groups excluding carboxylic acids is 1. The molecule has 0 aliphatic carbocycles. The second-order valence-electron chi connectivity index (χ2n) is 7.25. The SMILES string of the molecule is Cc1nc(C(=O)NC[C@@H](c2ccccc2)N2CCCC2)nn1-c1ccc(Cl)cc1. The molecule has 1 atom stereocenters. The van der Waals surface area contributed by atoms with Crippen LogP contribution < -0.4 is 5.32 Å². The number of benzene rings is 2. The van der Waals surface area contributed by atoms with E-state index in [1.54, 1.807) is 16.8 Å². The Labute approximate surface area is 175 Å². The second kappa shape index (κ2) is 8.76. The van der Waals surface area contributed by atoms with Crippen molar-refractivity contribution in [3.05, 3.63) is 76.8 Å². The third-order valence-corrected chi connectivity index (χ3v) is 5.52. The number of halogens is 1. The molecule has 4 rings (SSSR count). The van der Waals surface area contributed by atoms with Crippen molar-refractivity contribution < 1.29 is 4.79 Å². The number of hydrogen-bond acceptors (Lipinski definition) is 4. The highest BCUT2D eigenvalue weighted by atomic mass is 35.5. The molecule has 1 N–H and O–H groups in total. The zero-order chi connectivity index (χ0) is 20.2. The monoisotopic (exact) mass is 409 g/mol. The minimum absolute atomic E-state index is 0.155. The first kappa shape index (κ1) is 19.6. The summed E-state index contributed by atoms with van der Waals surface area (Å²) in [5.41, 5.74) is 2.03. The van der Waals surface area contributed by atoms with Crippen molar-refractivity contribution in [3.63, 3.8) is 0 Å². The minimum atomic E-state index is -0.263. The maximum Gasteiger partial charge on any atom is 0.291 e. The van der Waals surface area contributed by atoms with Crippen LogP contribution in [0.3, 0.4) is 0 Å². The van der Waals surface area contributed by atoms with Gasteiger partial charge in [-0.25, -0.2) is 9.67 Å². The number of likely N-dealkylation sites (tertiary alicyclic amines) is 1. The summed E-state index contributed by atoms with van der Waals surface area (Å²) in [6, 6.07) is 17.8. The highest BCUT2D eigenvalue weighted by Gasteiger charge is 2.25. The van der Waals surface area contributed by atoms with Crippen LogP contribution in [0.5, 0.6) is 0 Å². The van der Waals surface area contributed by atoms with Crippen LogP contribution in [0, 0.1) is 6.92 Å². The largest absolute Gasteiger partial charge is 0.347 e. The van der Waals surface area contributed by atoms with Crippen molar-refractivity contribution in [2.75, 3.05) is 19.6 Å². The number of aryl methyl sites for hydroxylation is 1. The number of rotatable bonds is 6. The van der Waals surface area contributed by atoms with Crippen LogP contribution in [-0.2, 0) is 0 Å². The van der Waals surface area contributed by atoms with Gasteiger partial charge in [0.1, 0.15) is 5.82 Å². The van der Waals surface area contributed by atoms with Crippen LogP contribution in [0.2, 0.25) is 5.02 Å². The van der Waals surface area contributed by atoms with Gasteiger partial charge in [-0.3, -0.25) is 9.69 Å². The van der Waals surface area contributed by atoms with E-state index in [9.17, 15) is 4.79 Å². The summed E-state index contributed by atoms with van der Waals surface area (Å²) >= 11 is 5.96. The van der Waals surface area contributed by atoms with E-state index in [0.717, 1.165) is 18.8 Å².